The van der Waals surface area contributed by atoms with Crippen LogP contribution >= 0.6 is 11.3 Å². The molecule has 4 rings (SSSR count). The van der Waals surface area contributed by atoms with Gasteiger partial charge in [-0.3, -0.25) is 4.79 Å². The van der Waals surface area contributed by atoms with Crippen molar-refractivity contribution in [3.8, 4) is 22.4 Å². The molecular weight excluding hydrogens is 428 g/mol. The number of rotatable bonds is 7. The highest BCUT2D eigenvalue weighted by Crippen LogP contribution is 2.30. The number of aromatic nitrogens is 3. The molecule has 0 fully saturated rings. The zero-order valence-electron chi connectivity index (χ0n) is 18.1. The molecule has 0 atom stereocenters. The molecule has 2 aromatic carbocycles. The van der Waals surface area contributed by atoms with Gasteiger partial charge in [-0.2, -0.15) is 9.78 Å². The summed E-state index contributed by atoms with van der Waals surface area (Å²) in [6, 6.07) is 12.9. The Morgan fingerprint density at radius 2 is 1.84 bits per heavy atom. The lowest BCUT2D eigenvalue weighted by atomic mass is 10.2. The van der Waals surface area contributed by atoms with E-state index in [0.29, 0.717) is 22.4 Å². The van der Waals surface area contributed by atoms with Crippen LogP contribution in [0.4, 0.5) is 5.82 Å². The molecular formula is C23H22N4O4S. The normalized spacial score (nSPS) is 11.1. The largest absolute Gasteiger partial charge is 0.497 e. The van der Waals surface area contributed by atoms with Crippen molar-refractivity contribution in [2.24, 2.45) is 0 Å². The summed E-state index contributed by atoms with van der Waals surface area (Å²) < 4.78 is 18.4. The van der Waals surface area contributed by atoms with Crippen LogP contribution in [0.25, 0.3) is 21.4 Å². The second kappa shape index (κ2) is 9.11. The maximum atomic E-state index is 12.6. The monoisotopic (exact) mass is 450 g/mol. The number of thiazole rings is 1. The standard InChI is InChI=1S/C23H22N4O4S/c1-14-11-21(25-22(28)10-6-15-5-9-18(30-3)19(12-15)31-4)27(26-14)23-24-17-8-7-16(29-2)13-20(17)32-23/h5-13H,1-4H3,(H,25,28)/b10-6+. The number of ether oxygens (including phenoxy) is 3. The van der Waals surface area contributed by atoms with Gasteiger partial charge in [0.15, 0.2) is 11.5 Å². The van der Waals surface area contributed by atoms with Crippen LogP contribution < -0.4 is 19.5 Å². The van der Waals surface area contributed by atoms with Crippen LogP contribution in [-0.2, 0) is 4.79 Å². The summed E-state index contributed by atoms with van der Waals surface area (Å²) in [7, 11) is 4.77. The number of benzene rings is 2. The molecule has 0 radical (unpaired) electrons. The summed E-state index contributed by atoms with van der Waals surface area (Å²) in [6.07, 6.45) is 3.16. The highest BCUT2D eigenvalue weighted by atomic mass is 32.1. The molecule has 0 spiro atoms. The predicted octanol–water partition coefficient (Wildman–Crippen LogP) is 4.47. The first-order valence-electron chi connectivity index (χ1n) is 9.73. The summed E-state index contributed by atoms with van der Waals surface area (Å²) in [5, 5.41) is 8.03. The molecule has 0 aliphatic rings. The Morgan fingerprint density at radius 1 is 1.03 bits per heavy atom. The van der Waals surface area contributed by atoms with E-state index in [1.54, 1.807) is 50.3 Å². The minimum absolute atomic E-state index is 0.288. The van der Waals surface area contributed by atoms with E-state index in [4.69, 9.17) is 14.2 Å². The average molecular weight is 451 g/mol. The zero-order chi connectivity index (χ0) is 22.7. The average Bonchev–Trinajstić information content (AvgIpc) is 3.39. The Labute approximate surface area is 189 Å². The third-order valence-corrected chi connectivity index (χ3v) is 5.68. The van der Waals surface area contributed by atoms with Crippen molar-refractivity contribution in [1.29, 1.82) is 0 Å². The third kappa shape index (κ3) is 4.42. The Kier molecular flexibility index (Phi) is 6.09. The van der Waals surface area contributed by atoms with E-state index < -0.39 is 0 Å². The van der Waals surface area contributed by atoms with Crippen LogP contribution in [0.3, 0.4) is 0 Å². The number of carbonyl (C=O) groups is 1. The molecule has 9 heteroatoms. The molecule has 0 bridgehead atoms. The number of nitrogens with zero attached hydrogens (tertiary/aromatic N) is 3. The number of nitrogens with one attached hydrogen (secondary N) is 1. The van der Waals surface area contributed by atoms with E-state index in [-0.39, 0.29) is 5.91 Å². The Balaban J connectivity index is 1.55. The number of anilines is 1. The van der Waals surface area contributed by atoms with Crippen molar-refractivity contribution in [3.63, 3.8) is 0 Å². The van der Waals surface area contributed by atoms with E-state index in [0.717, 1.165) is 27.2 Å². The molecule has 2 heterocycles. The van der Waals surface area contributed by atoms with Crippen LogP contribution in [0.2, 0.25) is 0 Å². The predicted molar refractivity (Wildman–Crippen MR) is 125 cm³/mol. The van der Waals surface area contributed by atoms with Crippen LogP contribution in [-0.4, -0.2) is 42.0 Å². The lowest BCUT2D eigenvalue weighted by Crippen LogP contribution is -2.12. The minimum Gasteiger partial charge on any atom is -0.497 e. The van der Waals surface area contributed by atoms with Gasteiger partial charge in [0.2, 0.25) is 11.0 Å². The number of aryl methyl sites for hydroxylation is 1. The summed E-state index contributed by atoms with van der Waals surface area (Å²) in [5.74, 6) is 2.23. The molecule has 0 aliphatic carbocycles. The Morgan fingerprint density at radius 3 is 2.59 bits per heavy atom. The van der Waals surface area contributed by atoms with Gasteiger partial charge in [-0.1, -0.05) is 17.4 Å². The molecule has 1 N–H and O–H groups in total. The SMILES string of the molecule is COc1ccc2nc(-n3nc(C)cc3NC(=O)/C=C/c3ccc(OC)c(OC)c3)sc2c1. The molecule has 1 amide bonds. The summed E-state index contributed by atoms with van der Waals surface area (Å²) in [6.45, 7) is 1.86. The van der Waals surface area contributed by atoms with Gasteiger partial charge < -0.3 is 19.5 Å². The van der Waals surface area contributed by atoms with E-state index in [9.17, 15) is 4.79 Å². The van der Waals surface area contributed by atoms with E-state index in [2.05, 4.69) is 15.4 Å². The number of carbonyl (C=O) groups excluding carboxylic acids is 1. The van der Waals surface area contributed by atoms with Gasteiger partial charge in [0, 0.05) is 12.1 Å². The maximum Gasteiger partial charge on any atom is 0.249 e. The summed E-state index contributed by atoms with van der Waals surface area (Å²) in [4.78, 5) is 17.2. The molecule has 0 saturated carbocycles. The van der Waals surface area contributed by atoms with Gasteiger partial charge in [0.25, 0.3) is 0 Å². The first kappa shape index (κ1) is 21.4. The smallest absolute Gasteiger partial charge is 0.249 e. The number of amides is 1. The number of hydrogen-bond donors (Lipinski definition) is 1. The fourth-order valence-electron chi connectivity index (χ4n) is 3.14. The zero-order valence-corrected chi connectivity index (χ0v) is 18.9. The lowest BCUT2D eigenvalue weighted by molar-refractivity contribution is -0.111. The molecule has 0 saturated heterocycles. The topological polar surface area (TPSA) is 87.5 Å². The molecule has 8 nitrogen and oxygen atoms in total. The summed E-state index contributed by atoms with van der Waals surface area (Å²) >= 11 is 1.47. The van der Waals surface area contributed by atoms with Crippen LogP contribution in [0.15, 0.2) is 48.5 Å². The van der Waals surface area contributed by atoms with Gasteiger partial charge in [-0.25, -0.2) is 4.98 Å². The Hall–Kier alpha value is -3.85. The van der Waals surface area contributed by atoms with Crippen molar-refractivity contribution >= 4 is 39.4 Å². The van der Waals surface area contributed by atoms with Gasteiger partial charge in [0.1, 0.15) is 11.6 Å². The summed E-state index contributed by atoms with van der Waals surface area (Å²) in [5.41, 5.74) is 2.41. The quantitative estimate of drug-likeness (QED) is 0.418. The Bertz CT molecular complexity index is 1310. The van der Waals surface area contributed by atoms with Gasteiger partial charge in [0.05, 0.1) is 37.2 Å². The first-order valence-corrected chi connectivity index (χ1v) is 10.5. The molecule has 4 aromatic rings. The van der Waals surface area contributed by atoms with Crippen LogP contribution in [0.5, 0.6) is 17.2 Å². The molecule has 2 aromatic heterocycles. The molecule has 164 valence electrons. The van der Waals surface area contributed by atoms with Crippen molar-refractivity contribution in [2.45, 2.75) is 6.92 Å². The van der Waals surface area contributed by atoms with E-state index in [1.165, 1.54) is 17.4 Å². The van der Waals surface area contributed by atoms with E-state index in [1.807, 2.05) is 31.2 Å². The second-order valence-corrected chi connectivity index (χ2v) is 7.86. The first-order chi connectivity index (χ1) is 15.5. The molecule has 32 heavy (non-hydrogen) atoms. The maximum absolute atomic E-state index is 12.6. The molecule has 0 unspecified atom stereocenters. The van der Waals surface area contributed by atoms with Crippen molar-refractivity contribution in [2.75, 3.05) is 26.6 Å². The van der Waals surface area contributed by atoms with Crippen molar-refractivity contribution in [1.82, 2.24) is 14.8 Å². The number of hydrogen-bond acceptors (Lipinski definition) is 7. The fourth-order valence-corrected chi connectivity index (χ4v) is 4.10. The van der Waals surface area contributed by atoms with Crippen molar-refractivity contribution < 1.29 is 19.0 Å². The minimum atomic E-state index is -0.288. The number of methoxy groups -OCH3 is 3. The van der Waals surface area contributed by atoms with Gasteiger partial charge in [-0.15, -0.1) is 0 Å². The second-order valence-electron chi connectivity index (χ2n) is 6.85. The van der Waals surface area contributed by atoms with Crippen molar-refractivity contribution in [3.05, 3.63) is 59.8 Å². The third-order valence-electron chi connectivity index (χ3n) is 4.68. The number of fused-ring (bicyclic) bond motifs is 1. The van der Waals surface area contributed by atoms with Crippen LogP contribution in [0.1, 0.15) is 11.3 Å². The van der Waals surface area contributed by atoms with Gasteiger partial charge in [-0.05, 0) is 48.9 Å². The van der Waals surface area contributed by atoms with Crippen LogP contribution in [0, 0.1) is 6.92 Å². The lowest BCUT2D eigenvalue weighted by Gasteiger charge is -2.07. The molecule has 0 aliphatic heterocycles. The van der Waals surface area contributed by atoms with Gasteiger partial charge >= 0.3 is 0 Å². The highest BCUT2D eigenvalue weighted by molar-refractivity contribution is 7.20. The highest BCUT2D eigenvalue weighted by Gasteiger charge is 2.14. The fraction of sp³-hybridized carbons (Fsp3) is 0.174. The van der Waals surface area contributed by atoms with E-state index >= 15 is 0 Å².